The minimum Gasteiger partial charge on any atom is -0.307 e. The van der Waals surface area contributed by atoms with Gasteiger partial charge in [0.15, 0.2) is 0 Å². The fourth-order valence-electron chi connectivity index (χ4n) is 1.53. The van der Waals surface area contributed by atoms with E-state index in [4.69, 9.17) is 11.6 Å². The quantitative estimate of drug-likeness (QED) is 0.893. The Balaban J connectivity index is 2.44. The summed E-state index contributed by atoms with van der Waals surface area (Å²) in [5.74, 6) is 0. The summed E-state index contributed by atoms with van der Waals surface area (Å²) in [7, 11) is 3.76. The lowest BCUT2D eigenvalue weighted by Gasteiger charge is -2.14. The molecule has 4 nitrogen and oxygen atoms in total. The molecule has 0 aromatic carbocycles. The summed E-state index contributed by atoms with van der Waals surface area (Å²) in [4.78, 5) is 4.28. The molecule has 6 heteroatoms. The predicted molar refractivity (Wildman–Crippen MR) is 61.2 cm³/mol. The topological polar surface area (TPSA) is 42.7 Å². The first kappa shape index (κ1) is 10.6. The number of thiazole rings is 1. The first-order valence-corrected chi connectivity index (χ1v) is 5.79. The van der Waals surface area contributed by atoms with Crippen LogP contribution < -0.4 is 5.32 Å². The molecule has 0 aliphatic carbocycles. The lowest BCUT2D eigenvalue weighted by molar-refractivity contribution is 0.597. The van der Waals surface area contributed by atoms with Crippen molar-refractivity contribution in [2.24, 2.45) is 7.05 Å². The zero-order valence-electron chi connectivity index (χ0n) is 8.44. The van der Waals surface area contributed by atoms with Crippen molar-refractivity contribution in [2.45, 2.75) is 6.04 Å². The predicted octanol–water partition coefficient (Wildman–Crippen LogP) is 1.84. The van der Waals surface area contributed by atoms with Gasteiger partial charge in [-0.3, -0.25) is 4.68 Å². The Morgan fingerprint density at radius 1 is 1.60 bits per heavy atom. The van der Waals surface area contributed by atoms with Gasteiger partial charge in [-0.25, -0.2) is 4.98 Å². The van der Waals surface area contributed by atoms with Gasteiger partial charge in [0.05, 0.1) is 34.2 Å². The van der Waals surface area contributed by atoms with Crippen LogP contribution in [0, 0.1) is 0 Å². The van der Waals surface area contributed by atoms with Crippen molar-refractivity contribution in [1.29, 1.82) is 0 Å². The standard InChI is InChI=1S/C9H11ClN4S/c1-11-8(7-4-15-5-12-7)9-6(10)3-13-14(9)2/h3-5,8,11H,1-2H3. The maximum atomic E-state index is 6.09. The largest absolute Gasteiger partial charge is 0.307 e. The van der Waals surface area contributed by atoms with Crippen LogP contribution >= 0.6 is 22.9 Å². The molecule has 2 rings (SSSR count). The Kier molecular flexibility index (Phi) is 3.04. The van der Waals surface area contributed by atoms with E-state index in [1.807, 2.05) is 25.0 Å². The molecule has 1 atom stereocenters. The second kappa shape index (κ2) is 4.30. The molecule has 0 saturated carbocycles. The van der Waals surface area contributed by atoms with Crippen LogP contribution in [-0.2, 0) is 7.05 Å². The Labute approximate surface area is 96.9 Å². The molecule has 1 N–H and O–H groups in total. The smallest absolute Gasteiger partial charge is 0.0943 e. The highest BCUT2D eigenvalue weighted by Crippen LogP contribution is 2.26. The first-order chi connectivity index (χ1) is 7.24. The third kappa shape index (κ3) is 1.90. The second-order valence-corrected chi connectivity index (χ2v) is 4.26. The molecule has 0 aliphatic rings. The van der Waals surface area contributed by atoms with E-state index in [-0.39, 0.29) is 6.04 Å². The van der Waals surface area contributed by atoms with Crippen LogP contribution in [-0.4, -0.2) is 21.8 Å². The van der Waals surface area contributed by atoms with Gasteiger partial charge in [-0.15, -0.1) is 11.3 Å². The zero-order chi connectivity index (χ0) is 10.8. The number of aryl methyl sites for hydroxylation is 1. The molecule has 0 aliphatic heterocycles. The fourth-order valence-corrected chi connectivity index (χ4v) is 2.39. The van der Waals surface area contributed by atoms with E-state index in [2.05, 4.69) is 15.4 Å². The lowest BCUT2D eigenvalue weighted by Crippen LogP contribution is -2.21. The van der Waals surface area contributed by atoms with Crippen molar-refractivity contribution < 1.29 is 0 Å². The average molecular weight is 243 g/mol. The van der Waals surface area contributed by atoms with E-state index in [1.165, 1.54) is 0 Å². The molecule has 2 aromatic heterocycles. The summed E-state index contributed by atoms with van der Waals surface area (Å²) in [6.07, 6.45) is 1.65. The van der Waals surface area contributed by atoms with Crippen molar-refractivity contribution >= 4 is 22.9 Å². The van der Waals surface area contributed by atoms with Gasteiger partial charge in [-0.05, 0) is 7.05 Å². The van der Waals surface area contributed by atoms with E-state index < -0.39 is 0 Å². The van der Waals surface area contributed by atoms with Crippen molar-refractivity contribution in [2.75, 3.05) is 7.05 Å². The molecule has 0 fully saturated rings. The molecule has 0 bridgehead atoms. The number of nitrogens with one attached hydrogen (secondary N) is 1. The minimum atomic E-state index is -0.00347. The van der Waals surface area contributed by atoms with Gasteiger partial charge in [0.1, 0.15) is 0 Å². The molecule has 15 heavy (non-hydrogen) atoms. The summed E-state index contributed by atoms with van der Waals surface area (Å²) < 4.78 is 1.77. The molecule has 0 radical (unpaired) electrons. The Bertz CT molecular complexity index is 417. The third-order valence-electron chi connectivity index (χ3n) is 2.25. The number of hydrogen-bond donors (Lipinski definition) is 1. The van der Waals surface area contributed by atoms with Crippen LogP contribution in [0.5, 0.6) is 0 Å². The Hall–Kier alpha value is -0.910. The van der Waals surface area contributed by atoms with Gasteiger partial charge in [0.25, 0.3) is 0 Å². The molecule has 0 saturated heterocycles. The summed E-state index contributed by atoms with van der Waals surface area (Å²) in [6.45, 7) is 0. The first-order valence-electron chi connectivity index (χ1n) is 4.46. The van der Waals surface area contributed by atoms with Crippen molar-refractivity contribution in [3.63, 3.8) is 0 Å². The summed E-state index contributed by atoms with van der Waals surface area (Å²) in [5, 5.41) is 9.96. The molecule has 2 aromatic rings. The number of nitrogens with zero attached hydrogens (tertiary/aromatic N) is 3. The highest BCUT2D eigenvalue weighted by atomic mass is 35.5. The molecular weight excluding hydrogens is 232 g/mol. The van der Waals surface area contributed by atoms with E-state index in [9.17, 15) is 0 Å². The highest BCUT2D eigenvalue weighted by molar-refractivity contribution is 7.07. The van der Waals surface area contributed by atoms with Crippen molar-refractivity contribution in [3.8, 4) is 0 Å². The highest BCUT2D eigenvalue weighted by Gasteiger charge is 2.20. The normalized spacial score (nSPS) is 13.0. The summed E-state index contributed by atoms with van der Waals surface area (Å²) >= 11 is 7.66. The Morgan fingerprint density at radius 2 is 2.40 bits per heavy atom. The van der Waals surface area contributed by atoms with Gasteiger partial charge in [-0.2, -0.15) is 5.10 Å². The van der Waals surface area contributed by atoms with Gasteiger partial charge in [0.2, 0.25) is 0 Å². The maximum absolute atomic E-state index is 6.09. The molecule has 2 heterocycles. The van der Waals surface area contributed by atoms with Gasteiger partial charge >= 0.3 is 0 Å². The van der Waals surface area contributed by atoms with Crippen LogP contribution in [0.25, 0.3) is 0 Å². The van der Waals surface area contributed by atoms with E-state index in [0.717, 1.165) is 11.4 Å². The average Bonchev–Trinajstić information content (AvgIpc) is 2.83. The molecule has 1 unspecified atom stereocenters. The van der Waals surface area contributed by atoms with Gasteiger partial charge < -0.3 is 5.32 Å². The maximum Gasteiger partial charge on any atom is 0.0943 e. The van der Waals surface area contributed by atoms with Gasteiger partial charge in [0, 0.05) is 12.4 Å². The molecule has 0 amide bonds. The summed E-state index contributed by atoms with van der Waals surface area (Å²) in [6, 6.07) is -0.00347. The number of hydrogen-bond acceptors (Lipinski definition) is 4. The van der Waals surface area contributed by atoms with E-state index >= 15 is 0 Å². The number of rotatable bonds is 3. The summed E-state index contributed by atoms with van der Waals surface area (Å²) in [5.41, 5.74) is 3.71. The fraction of sp³-hybridized carbons (Fsp3) is 0.333. The monoisotopic (exact) mass is 242 g/mol. The van der Waals surface area contributed by atoms with Crippen LogP contribution in [0.1, 0.15) is 17.4 Å². The number of halogens is 1. The van der Waals surface area contributed by atoms with Crippen molar-refractivity contribution in [1.82, 2.24) is 20.1 Å². The molecule has 80 valence electrons. The van der Waals surface area contributed by atoms with Crippen LogP contribution in [0.15, 0.2) is 17.1 Å². The van der Waals surface area contributed by atoms with Crippen molar-refractivity contribution in [3.05, 3.63) is 33.5 Å². The number of aromatic nitrogens is 3. The van der Waals surface area contributed by atoms with Crippen LogP contribution in [0.3, 0.4) is 0 Å². The van der Waals surface area contributed by atoms with E-state index in [0.29, 0.717) is 5.02 Å². The lowest BCUT2D eigenvalue weighted by atomic mass is 10.1. The Morgan fingerprint density at radius 3 is 2.87 bits per heavy atom. The molecule has 0 spiro atoms. The van der Waals surface area contributed by atoms with Crippen LogP contribution in [0.2, 0.25) is 5.02 Å². The second-order valence-electron chi connectivity index (χ2n) is 3.14. The SMILES string of the molecule is CNC(c1cscn1)c1c(Cl)cnn1C. The minimum absolute atomic E-state index is 0.00347. The van der Waals surface area contributed by atoms with E-state index in [1.54, 1.807) is 22.2 Å². The zero-order valence-corrected chi connectivity index (χ0v) is 10.0. The third-order valence-corrected chi connectivity index (χ3v) is 3.14. The van der Waals surface area contributed by atoms with Crippen LogP contribution in [0.4, 0.5) is 0 Å². The molecular formula is C9H11ClN4S. The van der Waals surface area contributed by atoms with Gasteiger partial charge in [-0.1, -0.05) is 11.6 Å².